The fraction of sp³-hybridized carbons (Fsp3) is 0.214. The topological polar surface area (TPSA) is 30.7 Å². The Bertz CT molecular complexity index is 835. The predicted molar refractivity (Wildman–Crippen MR) is 74.9 cm³/mol. The maximum Gasteiger partial charge on any atom is 0.190 e. The number of aryl methyl sites for hydroxylation is 1. The summed E-state index contributed by atoms with van der Waals surface area (Å²) in [6.07, 6.45) is 0. The molecular formula is C14H12FNO2S. The first kappa shape index (κ1) is 12.2. The zero-order valence-electron chi connectivity index (χ0n) is 10.6. The van der Waals surface area contributed by atoms with Crippen LogP contribution in [0.1, 0.15) is 12.6 Å². The van der Waals surface area contributed by atoms with Crippen LogP contribution in [0.15, 0.2) is 28.4 Å². The van der Waals surface area contributed by atoms with E-state index in [9.17, 15) is 9.18 Å². The molecule has 0 aliphatic rings. The number of rotatable bonds is 2. The van der Waals surface area contributed by atoms with Crippen LogP contribution in [-0.2, 0) is 0 Å². The van der Waals surface area contributed by atoms with E-state index in [1.165, 1.54) is 17.4 Å². The van der Waals surface area contributed by atoms with Gasteiger partial charge < -0.3 is 9.14 Å². The lowest BCUT2D eigenvalue weighted by atomic mass is 10.2. The lowest BCUT2D eigenvalue weighted by molar-refractivity contribution is 0.322. The van der Waals surface area contributed by atoms with Gasteiger partial charge in [-0.25, -0.2) is 4.39 Å². The molecular weight excluding hydrogens is 265 g/mol. The molecule has 5 heteroatoms. The summed E-state index contributed by atoms with van der Waals surface area (Å²) < 4.78 is 21.1. The Balaban J connectivity index is 2.50. The van der Waals surface area contributed by atoms with E-state index in [0.717, 1.165) is 10.5 Å². The van der Waals surface area contributed by atoms with Crippen molar-refractivity contribution >= 4 is 27.1 Å². The Kier molecular flexibility index (Phi) is 2.78. The lowest BCUT2D eigenvalue weighted by Gasteiger charge is -2.08. The van der Waals surface area contributed by atoms with Gasteiger partial charge in [0.05, 0.1) is 12.1 Å². The van der Waals surface area contributed by atoms with Crippen molar-refractivity contribution in [2.24, 2.45) is 0 Å². The third-order valence-corrected chi connectivity index (χ3v) is 4.04. The monoisotopic (exact) mass is 277 g/mol. The largest absolute Gasteiger partial charge is 0.491 e. The number of pyridine rings is 1. The molecule has 0 atom stereocenters. The van der Waals surface area contributed by atoms with Crippen LogP contribution in [0.25, 0.3) is 15.7 Å². The molecule has 0 saturated carbocycles. The highest BCUT2D eigenvalue weighted by Crippen LogP contribution is 2.26. The minimum atomic E-state index is -0.501. The average molecular weight is 277 g/mol. The number of fused-ring (bicyclic) bond motifs is 3. The van der Waals surface area contributed by atoms with E-state index < -0.39 is 5.82 Å². The maximum atomic E-state index is 13.8. The van der Waals surface area contributed by atoms with Gasteiger partial charge >= 0.3 is 0 Å². The molecule has 2 heterocycles. The van der Waals surface area contributed by atoms with Crippen molar-refractivity contribution in [3.8, 4) is 5.75 Å². The Hall–Kier alpha value is -1.88. The second-order valence-corrected chi connectivity index (χ2v) is 5.18. The highest BCUT2D eigenvalue weighted by Gasteiger charge is 2.12. The molecule has 0 amide bonds. The fourth-order valence-corrected chi connectivity index (χ4v) is 3.13. The van der Waals surface area contributed by atoms with Crippen LogP contribution in [0.5, 0.6) is 5.75 Å². The van der Waals surface area contributed by atoms with E-state index in [2.05, 4.69) is 0 Å². The van der Waals surface area contributed by atoms with Crippen LogP contribution in [0.3, 0.4) is 0 Å². The average Bonchev–Trinajstić information content (AvgIpc) is 2.73. The van der Waals surface area contributed by atoms with Gasteiger partial charge in [0.25, 0.3) is 0 Å². The number of hydrogen-bond donors (Lipinski definition) is 0. The second kappa shape index (κ2) is 4.35. The van der Waals surface area contributed by atoms with Crippen LogP contribution in [-0.4, -0.2) is 11.0 Å². The molecule has 19 heavy (non-hydrogen) atoms. The van der Waals surface area contributed by atoms with Crippen molar-refractivity contribution in [3.63, 3.8) is 0 Å². The van der Waals surface area contributed by atoms with Crippen molar-refractivity contribution < 1.29 is 9.13 Å². The van der Waals surface area contributed by atoms with E-state index in [1.54, 1.807) is 19.1 Å². The van der Waals surface area contributed by atoms with Crippen molar-refractivity contribution in [2.45, 2.75) is 13.8 Å². The van der Waals surface area contributed by atoms with Crippen LogP contribution in [0.2, 0.25) is 0 Å². The minimum absolute atomic E-state index is 0.168. The Morgan fingerprint density at radius 3 is 2.89 bits per heavy atom. The predicted octanol–water partition coefficient (Wildman–Crippen LogP) is 3.36. The van der Waals surface area contributed by atoms with E-state index in [4.69, 9.17) is 4.74 Å². The molecule has 0 bridgehead atoms. The third kappa shape index (κ3) is 1.81. The van der Waals surface area contributed by atoms with Crippen molar-refractivity contribution in [1.82, 2.24) is 4.40 Å². The number of nitrogens with zero attached hydrogens (tertiary/aromatic N) is 1. The molecule has 2 aromatic heterocycles. The summed E-state index contributed by atoms with van der Waals surface area (Å²) in [5.41, 5.74) is 1.53. The summed E-state index contributed by atoms with van der Waals surface area (Å²) in [7, 11) is 0. The number of thiazole rings is 1. The van der Waals surface area contributed by atoms with E-state index in [-0.39, 0.29) is 11.2 Å². The van der Waals surface area contributed by atoms with Gasteiger partial charge in [-0.2, -0.15) is 0 Å². The molecule has 98 valence electrons. The number of benzene rings is 1. The zero-order chi connectivity index (χ0) is 13.6. The van der Waals surface area contributed by atoms with Gasteiger partial charge in [0.1, 0.15) is 4.83 Å². The van der Waals surface area contributed by atoms with Gasteiger partial charge in [-0.1, -0.05) is 0 Å². The van der Waals surface area contributed by atoms with Gasteiger partial charge in [0, 0.05) is 28.6 Å². The summed E-state index contributed by atoms with van der Waals surface area (Å²) in [6.45, 7) is 4.14. The minimum Gasteiger partial charge on any atom is -0.491 e. The molecule has 0 aliphatic heterocycles. The first-order chi connectivity index (χ1) is 9.11. The molecule has 1 aromatic carbocycles. The van der Waals surface area contributed by atoms with Crippen molar-refractivity contribution in [3.05, 3.63) is 45.3 Å². The van der Waals surface area contributed by atoms with Crippen LogP contribution in [0, 0.1) is 12.7 Å². The van der Waals surface area contributed by atoms with E-state index in [0.29, 0.717) is 17.5 Å². The summed E-state index contributed by atoms with van der Waals surface area (Å²) in [4.78, 5) is 12.9. The molecule has 0 aliphatic carbocycles. The smallest absolute Gasteiger partial charge is 0.190 e. The molecule has 0 spiro atoms. The molecule has 3 aromatic rings. The number of ether oxygens (including phenoxy) is 1. The normalized spacial score (nSPS) is 11.3. The Morgan fingerprint density at radius 2 is 2.16 bits per heavy atom. The summed E-state index contributed by atoms with van der Waals surface area (Å²) in [5.74, 6) is -0.320. The van der Waals surface area contributed by atoms with Gasteiger partial charge in [-0.15, -0.1) is 11.3 Å². The molecule has 0 N–H and O–H groups in total. The number of aromatic nitrogens is 1. The van der Waals surface area contributed by atoms with E-state index in [1.807, 2.05) is 16.7 Å². The summed E-state index contributed by atoms with van der Waals surface area (Å²) in [6, 6.07) is 4.40. The van der Waals surface area contributed by atoms with Gasteiger partial charge in [-0.3, -0.25) is 4.79 Å². The zero-order valence-corrected chi connectivity index (χ0v) is 11.4. The molecule has 3 rings (SSSR count). The first-order valence-corrected chi connectivity index (χ1v) is 6.85. The molecule has 3 nitrogen and oxygen atoms in total. The van der Waals surface area contributed by atoms with Crippen LogP contribution < -0.4 is 10.2 Å². The fourth-order valence-electron chi connectivity index (χ4n) is 2.21. The van der Waals surface area contributed by atoms with Gasteiger partial charge in [-0.05, 0) is 19.9 Å². The lowest BCUT2D eigenvalue weighted by Crippen LogP contribution is -2.06. The highest BCUT2D eigenvalue weighted by atomic mass is 32.1. The molecule has 0 unspecified atom stereocenters. The Labute approximate surface area is 112 Å². The number of hydrogen-bond acceptors (Lipinski definition) is 3. The van der Waals surface area contributed by atoms with Gasteiger partial charge in [0.2, 0.25) is 0 Å². The number of halogens is 1. The molecule has 0 fully saturated rings. The SMILES string of the molecule is CCOc1cc2c(cc1F)c(=O)cc1scc(C)n12. The summed E-state index contributed by atoms with van der Waals surface area (Å²) >= 11 is 1.49. The summed E-state index contributed by atoms with van der Waals surface area (Å²) in [5, 5.41) is 2.35. The molecule has 0 saturated heterocycles. The van der Waals surface area contributed by atoms with Crippen LogP contribution in [0.4, 0.5) is 4.39 Å². The quantitative estimate of drug-likeness (QED) is 0.719. The first-order valence-electron chi connectivity index (χ1n) is 5.97. The van der Waals surface area contributed by atoms with Gasteiger partial charge in [0.15, 0.2) is 17.0 Å². The van der Waals surface area contributed by atoms with Crippen LogP contribution >= 0.6 is 11.3 Å². The highest BCUT2D eigenvalue weighted by molar-refractivity contribution is 7.15. The molecule has 0 radical (unpaired) electrons. The van der Waals surface area contributed by atoms with E-state index >= 15 is 0 Å². The van der Waals surface area contributed by atoms with Crippen molar-refractivity contribution in [1.29, 1.82) is 0 Å². The Morgan fingerprint density at radius 1 is 1.37 bits per heavy atom. The van der Waals surface area contributed by atoms with Crippen molar-refractivity contribution in [2.75, 3.05) is 6.61 Å². The standard InChI is InChI=1S/C14H12FNO2S/c1-3-18-13-5-11-9(4-10(13)15)12(17)6-14-16(11)8(2)7-19-14/h4-7H,3H2,1-2H3. The second-order valence-electron chi connectivity index (χ2n) is 4.29. The maximum absolute atomic E-state index is 13.8. The third-order valence-electron chi connectivity index (χ3n) is 3.03.